The summed E-state index contributed by atoms with van der Waals surface area (Å²) in [7, 11) is 0. The number of hydrogen-bond donors (Lipinski definition) is 1. The zero-order chi connectivity index (χ0) is 11.4. The number of rotatable bonds is 3. The third-order valence-corrected chi connectivity index (χ3v) is 1.90. The smallest absolute Gasteiger partial charge is 0.270 e. The molecule has 1 aromatic carbocycles. The van der Waals surface area contributed by atoms with Crippen LogP contribution in [0.25, 0.3) is 0 Å². The molecule has 0 bridgehead atoms. The van der Waals surface area contributed by atoms with Gasteiger partial charge in [0.2, 0.25) is 5.95 Å². The molecule has 0 amide bonds. The van der Waals surface area contributed by atoms with Gasteiger partial charge in [0.25, 0.3) is 5.69 Å². The molecule has 0 spiro atoms. The number of nitro benzene ring substituents is 1. The highest BCUT2D eigenvalue weighted by Crippen LogP contribution is 2.12. The highest BCUT2D eigenvalue weighted by molar-refractivity contribution is 5.82. The van der Waals surface area contributed by atoms with Gasteiger partial charge in [0, 0.05) is 30.7 Å². The first kappa shape index (κ1) is 10.0. The van der Waals surface area contributed by atoms with Crippen LogP contribution in [0.15, 0.2) is 41.7 Å². The van der Waals surface area contributed by atoms with Crippen LogP contribution in [0.4, 0.5) is 11.6 Å². The van der Waals surface area contributed by atoms with Crippen molar-refractivity contribution in [2.24, 2.45) is 4.99 Å². The van der Waals surface area contributed by atoms with Gasteiger partial charge in [0.05, 0.1) is 4.92 Å². The van der Waals surface area contributed by atoms with Gasteiger partial charge in [-0.3, -0.25) is 10.1 Å². The van der Waals surface area contributed by atoms with Crippen LogP contribution in [0, 0.1) is 10.1 Å². The molecule has 0 unspecified atom stereocenters. The van der Waals surface area contributed by atoms with Crippen molar-refractivity contribution in [2.45, 2.75) is 0 Å². The fraction of sp³-hybridized carbons (Fsp3) is 0. The summed E-state index contributed by atoms with van der Waals surface area (Å²) in [6.45, 7) is 0. The number of nitro groups is 1. The van der Waals surface area contributed by atoms with Crippen LogP contribution >= 0.6 is 0 Å². The minimum Gasteiger partial charge on any atom is -0.329 e. The number of aromatic amines is 1. The van der Waals surface area contributed by atoms with Gasteiger partial charge >= 0.3 is 0 Å². The number of H-pyrrole nitrogens is 1. The van der Waals surface area contributed by atoms with Crippen molar-refractivity contribution in [2.75, 3.05) is 0 Å². The first-order valence-corrected chi connectivity index (χ1v) is 4.53. The molecule has 1 aromatic heterocycles. The minimum atomic E-state index is -0.440. The maximum absolute atomic E-state index is 10.5. The van der Waals surface area contributed by atoms with Crippen molar-refractivity contribution < 1.29 is 4.92 Å². The second-order valence-corrected chi connectivity index (χ2v) is 3.02. The Bertz CT molecular complexity index is 519. The van der Waals surface area contributed by atoms with Gasteiger partial charge < -0.3 is 4.98 Å². The molecule has 1 N–H and O–H groups in total. The van der Waals surface area contributed by atoms with Crippen molar-refractivity contribution in [1.82, 2.24) is 9.97 Å². The minimum absolute atomic E-state index is 0.0448. The molecular weight excluding hydrogens is 208 g/mol. The van der Waals surface area contributed by atoms with Gasteiger partial charge in [-0.05, 0) is 5.56 Å². The molecule has 1 heterocycles. The van der Waals surface area contributed by atoms with Gasteiger partial charge in [0.15, 0.2) is 0 Å². The van der Waals surface area contributed by atoms with E-state index < -0.39 is 4.92 Å². The van der Waals surface area contributed by atoms with Crippen LogP contribution in [0.1, 0.15) is 5.56 Å². The Morgan fingerprint density at radius 3 is 3.06 bits per heavy atom. The van der Waals surface area contributed by atoms with E-state index in [9.17, 15) is 10.1 Å². The van der Waals surface area contributed by atoms with E-state index >= 15 is 0 Å². The Balaban J connectivity index is 2.22. The molecule has 80 valence electrons. The average Bonchev–Trinajstić information content (AvgIpc) is 2.79. The highest BCUT2D eigenvalue weighted by Gasteiger charge is 2.03. The molecular formula is C10H8N4O2. The Kier molecular flexibility index (Phi) is 2.73. The Morgan fingerprint density at radius 2 is 2.38 bits per heavy atom. The van der Waals surface area contributed by atoms with Crippen molar-refractivity contribution in [3.05, 3.63) is 52.3 Å². The van der Waals surface area contributed by atoms with Crippen molar-refractivity contribution in [3.8, 4) is 0 Å². The quantitative estimate of drug-likeness (QED) is 0.484. The van der Waals surface area contributed by atoms with Crippen molar-refractivity contribution >= 4 is 17.9 Å². The zero-order valence-electron chi connectivity index (χ0n) is 8.20. The van der Waals surface area contributed by atoms with E-state index in [1.165, 1.54) is 18.3 Å². The van der Waals surface area contributed by atoms with E-state index in [4.69, 9.17) is 0 Å². The normalized spacial score (nSPS) is 10.8. The number of imidazole rings is 1. The van der Waals surface area contributed by atoms with Crippen LogP contribution in [0.5, 0.6) is 0 Å². The molecule has 0 saturated carbocycles. The fourth-order valence-corrected chi connectivity index (χ4v) is 1.18. The SMILES string of the molecule is O=[N+]([O-])c1cccc(/C=N/c2ncc[nH]2)c1. The van der Waals surface area contributed by atoms with E-state index in [0.717, 1.165) is 0 Å². The first-order chi connectivity index (χ1) is 7.75. The molecule has 0 saturated heterocycles. The summed E-state index contributed by atoms with van der Waals surface area (Å²) in [6, 6.07) is 6.23. The predicted octanol–water partition coefficient (Wildman–Crippen LogP) is 2.07. The molecule has 0 aliphatic rings. The molecule has 0 radical (unpaired) electrons. The number of nitrogens with zero attached hydrogens (tertiary/aromatic N) is 3. The van der Waals surface area contributed by atoms with E-state index in [2.05, 4.69) is 15.0 Å². The number of hydrogen-bond acceptors (Lipinski definition) is 4. The third kappa shape index (κ3) is 2.30. The molecule has 0 aliphatic heterocycles. The third-order valence-electron chi connectivity index (χ3n) is 1.90. The standard InChI is InChI=1S/C10H8N4O2/c15-14(16)9-3-1-2-8(6-9)7-13-10-11-4-5-12-10/h1-7H,(H,11,12)/b13-7+. The van der Waals surface area contributed by atoms with Gasteiger partial charge in [-0.2, -0.15) is 0 Å². The average molecular weight is 216 g/mol. The van der Waals surface area contributed by atoms with E-state index in [0.29, 0.717) is 11.5 Å². The molecule has 0 aliphatic carbocycles. The number of non-ortho nitro benzene ring substituents is 1. The van der Waals surface area contributed by atoms with E-state index in [1.807, 2.05) is 0 Å². The Morgan fingerprint density at radius 1 is 1.50 bits per heavy atom. The van der Waals surface area contributed by atoms with Crippen molar-refractivity contribution in [3.63, 3.8) is 0 Å². The second kappa shape index (κ2) is 4.35. The van der Waals surface area contributed by atoms with Crippen LogP contribution < -0.4 is 0 Å². The predicted molar refractivity (Wildman–Crippen MR) is 58.9 cm³/mol. The summed E-state index contributed by atoms with van der Waals surface area (Å²) in [4.78, 5) is 20.8. The Hall–Kier alpha value is -2.50. The maximum atomic E-state index is 10.5. The zero-order valence-corrected chi connectivity index (χ0v) is 8.20. The summed E-state index contributed by atoms with van der Waals surface area (Å²) < 4.78 is 0. The number of aliphatic imine (C=N–C) groups is 1. The Labute approximate surface area is 90.8 Å². The fourth-order valence-electron chi connectivity index (χ4n) is 1.18. The topological polar surface area (TPSA) is 84.2 Å². The molecule has 6 nitrogen and oxygen atoms in total. The molecule has 16 heavy (non-hydrogen) atoms. The lowest BCUT2D eigenvalue weighted by Crippen LogP contribution is -1.89. The van der Waals surface area contributed by atoms with Crippen LogP contribution in [0.2, 0.25) is 0 Å². The highest BCUT2D eigenvalue weighted by atomic mass is 16.6. The monoisotopic (exact) mass is 216 g/mol. The summed E-state index contributed by atoms with van der Waals surface area (Å²) >= 11 is 0. The number of nitrogens with one attached hydrogen (secondary N) is 1. The molecule has 6 heteroatoms. The number of benzene rings is 1. The lowest BCUT2D eigenvalue weighted by molar-refractivity contribution is -0.384. The van der Waals surface area contributed by atoms with Gasteiger partial charge in [0.1, 0.15) is 0 Å². The maximum Gasteiger partial charge on any atom is 0.270 e. The summed E-state index contributed by atoms with van der Waals surface area (Å²) in [5.74, 6) is 0.464. The largest absolute Gasteiger partial charge is 0.329 e. The van der Waals surface area contributed by atoms with Gasteiger partial charge in [-0.15, -0.1) is 0 Å². The second-order valence-electron chi connectivity index (χ2n) is 3.02. The van der Waals surface area contributed by atoms with Gasteiger partial charge in [-0.1, -0.05) is 12.1 Å². The lowest BCUT2D eigenvalue weighted by atomic mass is 10.2. The molecule has 0 atom stereocenters. The first-order valence-electron chi connectivity index (χ1n) is 4.53. The van der Waals surface area contributed by atoms with Crippen LogP contribution in [0.3, 0.4) is 0 Å². The van der Waals surface area contributed by atoms with E-state index in [1.54, 1.807) is 24.5 Å². The van der Waals surface area contributed by atoms with Crippen LogP contribution in [-0.4, -0.2) is 21.1 Å². The van der Waals surface area contributed by atoms with Gasteiger partial charge in [-0.25, -0.2) is 9.98 Å². The molecule has 2 aromatic rings. The molecule has 2 rings (SSSR count). The summed E-state index contributed by atoms with van der Waals surface area (Å²) in [5.41, 5.74) is 0.703. The van der Waals surface area contributed by atoms with Crippen molar-refractivity contribution in [1.29, 1.82) is 0 Å². The summed E-state index contributed by atoms with van der Waals surface area (Å²) in [5, 5.41) is 10.5. The summed E-state index contributed by atoms with van der Waals surface area (Å²) in [6.07, 6.45) is 4.76. The van der Waals surface area contributed by atoms with Crippen LogP contribution in [-0.2, 0) is 0 Å². The van der Waals surface area contributed by atoms with E-state index in [-0.39, 0.29) is 5.69 Å². The number of aromatic nitrogens is 2. The lowest BCUT2D eigenvalue weighted by Gasteiger charge is -1.93. The molecule has 0 fully saturated rings.